The van der Waals surface area contributed by atoms with Crippen LogP contribution in [0.4, 0.5) is 0 Å². The van der Waals surface area contributed by atoms with Crippen LogP contribution in [-0.2, 0) is 11.2 Å². The van der Waals surface area contributed by atoms with Gasteiger partial charge in [0.25, 0.3) is 0 Å². The molecule has 2 heteroatoms. The van der Waals surface area contributed by atoms with Crippen LogP contribution in [0.25, 0.3) is 0 Å². The zero-order chi connectivity index (χ0) is 15.5. The molecule has 1 fully saturated rings. The summed E-state index contributed by atoms with van der Waals surface area (Å²) in [4.78, 5) is 0. The first-order valence-electron chi connectivity index (χ1n) is 8.32. The topological polar surface area (TPSA) is 35.2 Å². The summed E-state index contributed by atoms with van der Waals surface area (Å²) in [5, 5.41) is 0. The standard InChI is InChI=1S/C19H31NO/c1-5-6-15-7-9-16(10-8-15)17(20)19(21-4)13-11-18(2,3)12-14-19/h7-10,17H,5-6,11-14,20H2,1-4H3. The van der Waals surface area contributed by atoms with Crippen molar-refractivity contribution in [1.82, 2.24) is 0 Å². The number of aryl methyl sites for hydroxylation is 1. The highest BCUT2D eigenvalue weighted by Gasteiger charge is 2.43. The van der Waals surface area contributed by atoms with Crippen molar-refractivity contribution in [2.24, 2.45) is 11.1 Å². The minimum Gasteiger partial charge on any atom is -0.376 e. The van der Waals surface area contributed by atoms with E-state index in [-0.39, 0.29) is 11.6 Å². The molecule has 1 aliphatic carbocycles. The average Bonchev–Trinajstić information content (AvgIpc) is 2.48. The van der Waals surface area contributed by atoms with E-state index in [4.69, 9.17) is 10.5 Å². The van der Waals surface area contributed by atoms with Crippen LogP contribution in [0.3, 0.4) is 0 Å². The molecule has 2 nitrogen and oxygen atoms in total. The molecule has 0 spiro atoms. The minimum absolute atomic E-state index is 0.0331. The summed E-state index contributed by atoms with van der Waals surface area (Å²) in [5.74, 6) is 0. The molecule has 0 radical (unpaired) electrons. The van der Waals surface area contributed by atoms with Gasteiger partial charge in [-0.1, -0.05) is 51.5 Å². The highest BCUT2D eigenvalue weighted by Crippen LogP contribution is 2.46. The van der Waals surface area contributed by atoms with Crippen molar-refractivity contribution in [1.29, 1.82) is 0 Å². The monoisotopic (exact) mass is 289 g/mol. The molecular weight excluding hydrogens is 258 g/mol. The third kappa shape index (κ3) is 3.67. The van der Waals surface area contributed by atoms with E-state index in [0.717, 1.165) is 19.3 Å². The molecule has 0 amide bonds. The van der Waals surface area contributed by atoms with Crippen LogP contribution >= 0.6 is 0 Å². The van der Waals surface area contributed by atoms with Crippen molar-refractivity contribution in [3.63, 3.8) is 0 Å². The molecule has 21 heavy (non-hydrogen) atoms. The highest BCUT2D eigenvalue weighted by molar-refractivity contribution is 5.27. The van der Waals surface area contributed by atoms with E-state index in [0.29, 0.717) is 5.41 Å². The summed E-state index contributed by atoms with van der Waals surface area (Å²) < 4.78 is 5.94. The fourth-order valence-corrected chi connectivity index (χ4v) is 3.48. The second-order valence-corrected chi connectivity index (χ2v) is 7.40. The molecular formula is C19H31NO. The maximum absolute atomic E-state index is 6.60. The van der Waals surface area contributed by atoms with Gasteiger partial charge in [-0.05, 0) is 48.6 Å². The van der Waals surface area contributed by atoms with E-state index >= 15 is 0 Å². The van der Waals surface area contributed by atoms with Crippen molar-refractivity contribution in [3.8, 4) is 0 Å². The van der Waals surface area contributed by atoms with E-state index in [1.807, 2.05) is 7.11 Å². The Morgan fingerprint density at radius 1 is 1.10 bits per heavy atom. The predicted octanol–water partition coefficient (Wildman–Crippen LogP) is 4.62. The molecule has 1 aromatic carbocycles. The highest BCUT2D eigenvalue weighted by atomic mass is 16.5. The van der Waals surface area contributed by atoms with Crippen LogP contribution in [-0.4, -0.2) is 12.7 Å². The lowest BCUT2D eigenvalue weighted by Crippen LogP contribution is -2.47. The number of nitrogens with two attached hydrogens (primary N) is 1. The number of methoxy groups -OCH3 is 1. The van der Waals surface area contributed by atoms with E-state index < -0.39 is 0 Å². The van der Waals surface area contributed by atoms with Gasteiger partial charge in [0.05, 0.1) is 11.6 Å². The van der Waals surface area contributed by atoms with E-state index in [1.54, 1.807) is 0 Å². The Labute approximate surface area is 130 Å². The van der Waals surface area contributed by atoms with Crippen LogP contribution in [0.15, 0.2) is 24.3 Å². The van der Waals surface area contributed by atoms with E-state index in [2.05, 4.69) is 45.0 Å². The Morgan fingerprint density at radius 2 is 1.67 bits per heavy atom. The molecule has 0 saturated heterocycles. The maximum atomic E-state index is 6.60. The maximum Gasteiger partial charge on any atom is 0.0870 e. The van der Waals surface area contributed by atoms with Crippen LogP contribution in [0, 0.1) is 5.41 Å². The fraction of sp³-hybridized carbons (Fsp3) is 0.684. The fourth-order valence-electron chi connectivity index (χ4n) is 3.48. The van der Waals surface area contributed by atoms with Crippen molar-refractivity contribution in [3.05, 3.63) is 35.4 Å². The van der Waals surface area contributed by atoms with Gasteiger partial charge in [0.1, 0.15) is 0 Å². The van der Waals surface area contributed by atoms with Crippen LogP contribution in [0.5, 0.6) is 0 Å². The van der Waals surface area contributed by atoms with Crippen LogP contribution < -0.4 is 5.73 Å². The molecule has 1 unspecified atom stereocenters. The predicted molar refractivity (Wildman–Crippen MR) is 89.4 cm³/mol. The largest absolute Gasteiger partial charge is 0.376 e. The molecule has 0 bridgehead atoms. The second-order valence-electron chi connectivity index (χ2n) is 7.40. The first-order chi connectivity index (χ1) is 9.92. The minimum atomic E-state index is -0.193. The van der Waals surface area contributed by atoms with Gasteiger partial charge in [-0.3, -0.25) is 0 Å². The lowest BCUT2D eigenvalue weighted by Gasteiger charge is -2.46. The Balaban J connectivity index is 2.14. The zero-order valence-corrected chi connectivity index (χ0v) is 14.1. The van der Waals surface area contributed by atoms with Gasteiger partial charge in [-0.2, -0.15) is 0 Å². The van der Waals surface area contributed by atoms with Crippen molar-refractivity contribution < 1.29 is 4.74 Å². The Morgan fingerprint density at radius 3 is 2.14 bits per heavy atom. The van der Waals surface area contributed by atoms with Gasteiger partial charge in [-0.15, -0.1) is 0 Å². The second kappa shape index (κ2) is 6.50. The number of hydrogen-bond donors (Lipinski definition) is 1. The normalized spacial score (nSPS) is 22.0. The smallest absolute Gasteiger partial charge is 0.0870 e. The molecule has 2 rings (SSSR count). The number of hydrogen-bond acceptors (Lipinski definition) is 2. The Bertz CT molecular complexity index is 439. The van der Waals surface area contributed by atoms with Crippen molar-refractivity contribution >= 4 is 0 Å². The molecule has 1 aliphatic rings. The molecule has 2 N–H and O–H groups in total. The van der Waals surface area contributed by atoms with Gasteiger partial charge < -0.3 is 10.5 Å². The van der Waals surface area contributed by atoms with Gasteiger partial charge in [0, 0.05) is 7.11 Å². The third-order valence-electron chi connectivity index (χ3n) is 5.30. The molecule has 0 aromatic heterocycles. The van der Waals surface area contributed by atoms with E-state index in [1.165, 1.54) is 30.4 Å². The summed E-state index contributed by atoms with van der Waals surface area (Å²) in [7, 11) is 1.82. The molecule has 1 aromatic rings. The third-order valence-corrected chi connectivity index (χ3v) is 5.30. The quantitative estimate of drug-likeness (QED) is 0.858. The van der Waals surface area contributed by atoms with Gasteiger partial charge in [-0.25, -0.2) is 0 Å². The lowest BCUT2D eigenvalue weighted by atomic mass is 9.67. The number of ether oxygens (including phenoxy) is 1. The zero-order valence-electron chi connectivity index (χ0n) is 14.1. The molecule has 118 valence electrons. The summed E-state index contributed by atoms with van der Waals surface area (Å²) in [6.45, 7) is 6.90. The van der Waals surface area contributed by atoms with Gasteiger partial charge in [0.2, 0.25) is 0 Å². The van der Waals surface area contributed by atoms with Crippen molar-refractivity contribution in [2.75, 3.05) is 7.11 Å². The summed E-state index contributed by atoms with van der Waals surface area (Å²) >= 11 is 0. The molecule has 1 atom stereocenters. The summed E-state index contributed by atoms with van der Waals surface area (Å²) in [6, 6.07) is 8.78. The number of benzene rings is 1. The molecule has 1 saturated carbocycles. The Kier molecular flexibility index (Phi) is 5.11. The van der Waals surface area contributed by atoms with Crippen LogP contribution in [0.2, 0.25) is 0 Å². The average molecular weight is 289 g/mol. The number of rotatable bonds is 5. The van der Waals surface area contributed by atoms with Gasteiger partial charge >= 0.3 is 0 Å². The molecule has 0 aliphatic heterocycles. The van der Waals surface area contributed by atoms with Crippen LogP contribution in [0.1, 0.15) is 70.0 Å². The van der Waals surface area contributed by atoms with Crippen molar-refractivity contribution in [2.45, 2.75) is 70.9 Å². The lowest BCUT2D eigenvalue weighted by molar-refractivity contribution is -0.0794. The van der Waals surface area contributed by atoms with Gasteiger partial charge in [0.15, 0.2) is 0 Å². The Hall–Kier alpha value is -0.860. The molecule has 0 heterocycles. The summed E-state index contributed by atoms with van der Waals surface area (Å²) in [6.07, 6.45) is 6.79. The first-order valence-corrected chi connectivity index (χ1v) is 8.32. The summed E-state index contributed by atoms with van der Waals surface area (Å²) in [5.41, 5.74) is 9.43. The first kappa shape index (κ1) is 16.5. The SMILES string of the molecule is CCCc1ccc(C(N)C2(OC)CCC(C)(C)CC2)cc1. The van der Waals surface area contributed by atoms with E-state index in [9.17, 15) is 0 Å².